The number of hydrogen-bond donors (Lipinski definition) is 1. The highest BCUT2D eigenvalue weighted by atomic mass is 35.5. The molecule has 0 radical (unpaired) electrons. The first kappa shape index (κ1) is 21.6. The lowest BCUT2D eigenvalue weighted by Gasteiger charge is -2.12. The predicted octanol–water partition coefficient (Wildman–Crippen LogP) is 4.85. The van der Waals surface area contributed by atoms with Crippen LogP contribution in [-0.4, -0.2) is 28.3 Å². The molecule has 1 aliphatic carbocycles. The van der Waals surface area contributed by atoms with Gasteiger partial charge in [0.25, 0.3) is 5.91 Å². The molecule has 2 aromatic heterocycles. The van der Waals surface area contributed by atoms with Gasteiger partial charge in [0.05, 0.1) is 12.2 Å². The summed E-state index contributed by atoms with van der Waals surface area (Å²) in [5.74, 6) is -1.42. The Bertz CT molecular complexity index is 953. The van der Waals surface area contributed by atoms with Crippen LogP contribution in [0.1, 0.15) is 63.2 Å². The number of nitrogens with one attached hydrogen (secondary N) is 1. The molecule has 0 unspecified atom stereocenters. The number of alkyl halides is 3. The average molecular weight is 450 g/mol. The van der Waals surface area contributed by atoms with E-state index in [-0.39, 0.29) is 17.2 Å². The number of ether oxygens (including phenoxy) is 1. The minimum Gasteiger partial charge on any atom is -0.462 e. The van der Waals surface area contributed by atoms with E-state index in [4.69, 9.17) is 16.3 Å². The molecule has 0 aliphatic heterocycles. The van der Waals surface area contributed by atoms with Gasteiger partial charge in [0.2, 0.25) is 0 Å². The Hall–Kier alpha value is -2.07. The average Bonchev–Trinajstić information content (AvgIpc) is 3.15. The highest BCUT2D eigenvalue weighted by Crippen LogP contribution is 2.40. The number of anilines is 1. The fourth-order valence-electron chi connectivity index (χ4n) is 3.22. The summed E-state index contributed by atoms with van der Waals surface area (Å²) >= 11 is 7.04. The number of carbonyl (C=O) groups excluding carboxylic acids is 2. The number of hydrogen-bond acceptors (Lipinski definition) is 5. The fourth-order valence-corrected chi connectivity index (χ4v) is 4.85. The highest BCUT2D eigenvalue weighted by Gasteiger charge is 2.40. The van der Waals surface area contributed by atoms with Gasteiger partial charge in [0.15, 0.2) is 5.69 Å². The second kappa shape index (κ2) is 8.35. The summed E-state index contributed by atoms with van der Waals surface area (Å²) in [6.07, 6.45) is -0.812. The zero-order chi connectivity index (χ0) is 21.3. The van der Waals surface area contributed by atoms with E-state index < -0.39 is 34.5 Å². The second-order valence-electron chi connectivity index (χ2n) is 6.64. The highest BCUT2D eigenvalue weighted by molar-refractivity contribution is 7.17. The van der Waals surface area contributed by atoms with Crippen molar-refractivity contribution in [2.75, 3.05) is 11.9 Å². The van der Waals surface area contributed by atoms with Gasteiger partial charge in [-0.05, 0) is 37.7 Å². The van der Waals surface area contributed by atoms with Gasteiger partial charge in [-0.1, -0.05) is 18.5 Å². The molecule has 3 rings (SSSR count). The van der Waals surface area contributed by atoms with Crippen LogP contribution in [0.4, 0.5) is 18.2 Å². The largest absolute Gasteiger partial charge is 0.462 e. The van der Waals surface area contributed by atoms with Gasteiger partial charge in [-0.15, -0.1) is 11.3 Å². The van der Waals surface area contributed by atoms with Crippen LogP contribution in [-0.2, 0) is 30.8 Å². The normalized spacial score (nSPS) is 13.9. The molecule has 0 saturated carbocycles. The van der Waals surface area contributed by atoms with Gasteiger partial charge < -0.3 is 10.1 Å². The minimum absolute atomic E-state index is 0.235. The Morgan fingerprint density at radius 2 is 2.00 bits per heavy atom. The van der Waals surface area contributed by atoms with Crippen LogP contribution in [0.2, 0.25) is 5.02 Å². The van der Waals surface area contributed by atoms with Crippen LogP contribution in [0, 0.1) is 0 Å². The van der Waals surface area contributed by atoms with Crippen molar-refractivity contribution < 1.29 is 27.5 Å². The van der Waals surface area contributed by atoms with Gasteiger partial charge in [-0.25, -0.2) is 4.79 Å². The molecule has 1 N–H and O–H groups in total. The van der Waals surface area contributed by atoms with Crippen LogP contribution in [0.25, 0.3) is 0 Å². The fraction of sp³-hybridized carbons (Fsp3) is 0.500. The maximum absolute atomic E-state index is 13.0. The maximum atomic E-state index is 13.0. The summed E-state index contributed by atoms with van der Waals surface area (Å²) in [5.41, 5.74) is -0.649. The lowest BCUT2D eigenvalue weighted by Crippen LogP contribution is -2.18. The summed E-state index contributed by atoms with van der Waals surface area (Å²) in [5, 5.41) is 5.35. The molecule has 0 fully saturated rings. The number of aromatic nitrogens is 2. The topological polar surface area (TPSA) is 73.2 Å². The first-order chi connectivity index (χ1) is 13.6. The smallest absolute Gasteiger partial charge is 0.436 e. The van der Waals surface area contributed by atoms with Gasteiger partial charge in [0, 0.05) is 11.9 Å². The van der Waals surface area contributed by atoms with Crippen molar-refractivity contribution in [3.8, 4) is 0 Å². The van der Waals surface area contributed by atoms with E-state index in [9.17, 15) is 22.8 Å². The number of thiophene rings is 1. The van der Waals surface area contributed by atoms with Crippen LogP contribution >= 0.6 is 22.9 Å². The van der Waals surface area contributed by atoms with E-state index in [2.05, 4.69) is 10.4 Å². The molecule has 0 atom stereocenters. The Morgan fingerprint density at radius 3 is 2.62 bits per heavy atom. The molecule has 0 spiro atoms. The second-order valence-corrected chi connectivity index (χ2v) is 8.12. The number of rotatable bonds is 5. The summed E-state index contributed by atoms with van der Waals surface area (Å²) in [6.45, 7) is 2.10. The van der Waals surface area contributed by atoms with Crippen LogP contribution in [0.3, 0.4) is 0 Å². The van der Waals surface area contributed by atoms with Gasteiger partial charge in [-0.3, -0.25) is 9.48 Å². The summed E-state index contributed by atoms with van der Waals surface area (Å²) < 4.78 is 45.1. The number of carbonyl (C=O) groups is 2. The van der Waals surface area contributed by atoms with E-state index in [1.165, 1.54) is 18.4 Å². The molecule has 1 amide bonds. The van der Waals surface area contributed by atoms with E-state index in [1.54, 1.807) is 0 Å². The third kappa shape index (κ3) is 4.28. The van der Waals surface area contributed by atoms with Gasteiger partial charge in [0.1, 0.15) is 15.7 Å². The van der Waals surface area contributed by atoms with E-state index in [0.29, 0.717) is 12.8 Å². The zero-order valence-corrected chi connectivity index (χ0v) is 17.4. The molecule has 1 aliphatic rings. The van der Waals surface area contributed by atoms with Gasteiger partial charge >= 0.3 is 12.1 Å². The lowest BCUT2D eigenvalue weighted by molar-refractivity contribution is -0.141. The Morgan fingerprint density at radius 1 is 1.31 bits per heavy atom. The summed E-state index contributed by atoms with van der Waals surface area (Å²) in [6, 6.07) is 0. The van der Waals surface area contributed by atoms with Gasteiger partial charge in [-0.2, -0.15) is 18.3 Å². The number of aryl methyl sites for hydroxylation is 2. The third-order valence-electron chi connectivity index (χ3n) is 4.51. The predicted molar refractivity (Wildman–Crippen MR) is 103 cm³/mol. The number of nitrogens with zero attached hydrogens (tertiary/aromatic N) is 2. The summed E-state index contributed by atoms with van der Waals surface area (Å²) in [7, 11) is 1.20. The number of amides is 1. The maximum Gasteiger partial charge on any atom is 0.436 e. The third-order valence-corrected chi connectivity index (χ3v) is 6.08. The zero-order valence-electron chi connectivity index (χ0n) is 15.8. The molecule has 6 nitrogen and oxygen atoms in total. The molecule has 158 valence electrons. The molecule has 0 saturated heterocycles. The lowest BCUT2D eigenvalue weighted by atomic mass is 9.95. The van der Waals surface area contributed by atoms with Crippen molar-refractivity contribution in [2.45, 2.75) is 45.2 Å². The molecular weight excluding hydrogens is 431 g/mol. The van der Waals surface area contributed by atoms with Crippen molar-refractivity contribution in [1.29, 1.82) is 0 Å². The quantitative estimate of drug-likeness (QED) is 0.662. The summed E-state index contributed by atoms with van der Waals surface area (Å²) in [4.78, 5) is 26.3. The van der Waals surface area contributed by atoms with Crippen LogP contribution in [0.5, 0.6) is 0 Å². The number of halogens is 4. The van der Waals surface area contributed by atoms with Crippen LogP contribution in [0.15, 0.2) is 0 Å². The molecule has 2 aromatic rings. The molecule has 11 heteroatoms. The SMILES string of the molecule is CCCOC(=O)c1c(NC(=O)c2c(Cl)c(C(F)(F)F)nn2C)sc2c1CCCC2. The van der Waals surface area contributed by atoms with Crippen molar-refractivity contribution >= 4 is 39.8 Å². The van der Waals surface area contributed by atoms with Crippen molar-refractivity contribution in [3.63, 3.8) is 0 Å². The minimum atomic E-state index is -4.79. The van der Waals surface area contributed by atoms with Crippen molar-refractivity contribution in [2.24, 2.45) is 7.05 Å². The molecule has 29 heavy (non-hydrogen) atoms. The molecular formula is C18H19ClF3N3O3S. The molecule has 0 aromatic carbocycles. The number of fused-ring (bicyclic) bond motifs is 1. The number of esters is 1. The molecule has 2 heterocycles. The van der Waals surface area contributed by atoms with Crippen molar-refractivity contribution in [1.82, 2.24) is 9.78 Å². The van der Waals surface area contributed by atoms with E-state index in [0.717, 1.165) is 34.4 Å². The van der Waals surface area contributed by atoms with E-state index in [1.807, 2.05) is 6.92 Å². The Labute approximate surface area is 174 Å². The molecule has 0 bridgehead atoms. The Kier molecular flexibility index (Phi) is 6.23. The first-order valence-corrected chi connectivity index (χ1v) is 10.3. The van der Waals surface area contributed by atoms with Crippen LogP contribution < -0.4 is 5.32 Å². The van der Waals surface area contributed by atoms with E-state index >= 15 is 0 Å². The first-order valence-electron chi connectivity index (χ1n) is 9.07. The van der Waals surface area contributed by atoms with Crippen molar-refractivity contribution in [3.05, 3.63) is 32.4 Å². The Balaban J connectivity index is 1.96. The standard InChI is InChI=1S/C18H19ClF3N3O3S/c1-3-8-28-17(27)11-9-6-4-5-7-10(9)29-16(11)23-15(26)13-12(19)14(18(20,21)22)24-25(13)2/h3-8H2,1-2H3,(H,23,26). The monoisotopic (exact) mass is 449 g/mol.